The van der Waals surface area contributed by atoms with Gasteiger partial charge in [-0.1, -0.05) is 19.1 Å². The Kier molecular flexibility index (Phi) is 3.92. The molecule has 0 bridgehead atoms. The van der Waals surface area contributed by atoms with Crippen molar-refractivity contribution in [2.75, 3.05) is 5.32 Å². The van der Waals surface area contributed by atoms with Gasteiger partial charge < -0.3 is 5.32 Å². The van der Waals surface area contributed by atoms with Gasteiger partial charge in [0.15, 0.2) is 0 Å². The molecular formula is C19H19N3O2S. The molecule has 5 nitrogen and oxygen atoms in total. The van der Waals surface area contributed by atoms with Gasteiger partial charge >= 0.3 is 0 Å². The van der Waals surface area contributed by atoms with Gasteiger partial charge in [0.25, 0.3) is 11.5 Å². The van der Waals surface area contributed by atoms with Gasteiger partial charge in [-0.05, 0) is 43.9 Å². The van der Waals surface area contributed by atoms with Crippen LogP contribution >= 0.6 is 11.3 Å². The van der Waals surface area contributed by atoms with Crippen LogP contribution in [0.1, 0.15) is 46.6 Å². The van der Waals surface area contributed by atoms with Gasteiger partial charge in [-0.25, -0.2) is 4.98 Å². The van der Waals surface area contributed by atoms with Crippen molar-refractivity contribution in [3.63, 3.8) is 0 Å². The number of fused-ring (bicyclic) bond motifs is 1. The number of carbonyl (C=O) groups excluding carboxylic acids is 1. The smallest absolute Gasteiger partial charge is 0.271 e. The van der Waals surface area contributed by atoms with Gasteiger partial charge in [0.1, 0.15) is 10.2 Å². The Bertz CT molecular complexity index is 1010. The van der Waals surface area contributed by atoms with Gasteiger partial charge in [-0.15, -0.1) is 11.3 Å². The number of anilines is 1. The molecule has 128 valence electrons. The predicted molar refractivity (Wildman–Crippen MR) is 101 cm³/mol. The minimum absolute atomic E-state index is 0.0352. The summed E-state index contributed by atoms with van der Waals surface area (Å²) < 4.78 is 2.27. The van der Waals surface area contributed by atoms with Crippen LogP contribution in [0.4, 0.5) is 5.69 Å². The molecule has 0 saturated heterocycles. The van der Waals surface area contributed by atoms with Crippen molar-refractivity contribution in [1.82, 2.24) is 9.55 Å². The zero-order valence-corrected chi connectivity index (χ0v) is 15.0. The van der Waals surface area contributed by atoms with E-state index in [1.165, 1.54) is 16.9 Å². The van der Waals surface area contributed by atoms with Crippen LogP contribution in [-0.2, 0) is 6.42 Å². The van der Waals surface area contributed by atoms with E-state index >= 15 is 0 Å². The van der Waals surface area contributed by atoms with E-state index in [-0.39, 0.29) is 17.5 Å². The fraction of sp³-hybridized carbons (Fsp3) is 0.316. The molecule has 2 heterocycles. The van der Waals surface area contributed by atoms with Crippen molar-refractivity contribution in [3.8, 4) is 0 Å². The van der Waals surface area contributed by atoms with Crippen molar-refractivity contribution in [3.05, 3.63) is 57.0 Å². The van der Waals surface area contributed by atoms with Crippen LogP contribution in [0.3, 0.4) is 0 Å². The molecule has 0 radical (unpaired) electrons. The van der Waals surface area contributed by atoms with Crippen LogP contribution < -0.4 is 10.9 Å². The van der Waals surface area contributed by atoms with E-state index in [1.54, 1.807) is 10.9 Å². The highest BCUT2D eigenvalue weighted by Crippen LogP contribution is 2.34. The Balaban J connectivity index is 1.70. The van der Waals surface area contributed by atoms with Crippen molar-refractivity contribution in [1.29, 1.82) is 0 Å². The summed E-state index contributed by atoms with van der Waals surface area (Å²) in [7, 11) is 0. The summed E-state index contributed by atoms with van der Waals surface area (Å²) in [6, 6.07) is 8.07. The minimum atomic E-state index is -0.218. The van der Waals surface area contributed by atoms with Gasteiger partial charge in [-0.2, -0.15) is 0 Å². The van der Waals surface area contributed by atoms with Crippen molar-refractivity contribution in [2.24, 2.45) is 0 Å². The summed E-state index contributed by atoms with van der Waals surface area (Å²) in [6.07, 6.45) is 4.60. The molecule has 4 rings (SSSR count). The van der Waals surface area contributed by atoms with E-state index in [0.717, 1.165) is 29.8 Å². The monoisotopic (exact) mass is 353 g/mol. The lowest BCUT2D eigenvalue weighted by molar-refractivity contribution is 0.102. The zero-order valence-electron chi connectivity index (χ0n) is 14.2. The largest absolute Gasteiger partial charge is 0.322 e. The Labute approximate surface area is 149 Å². The second-order valence-electron chi connectivity index (χ2n) is 6.40. The second kappa shape index (κ2) is 6.11. The summed E-state index contributed by atoms with van der Waals surface area (Å²) in [5.41, 5.74) is 2.93. The van der Waals surface area contributed by atoms with Crippen LogP contribution in [0.25, 0.3) is 10.2 Å². The summed E-state index contributed by atoms with van der Waals surface area (Å²) in [6.45, 7) is 3.96. The highest BCUT2D eigenvalue weighted by Gasteiger charge is 2.27. The number of benzene rings is 1. The highest BCUT2D eigenvalue weighted by molar-refractivity contribution is 7.19. The predicted octanol–water partition coefficient (Wildman–Crippen LogP) is 3.92. The molecule has 1 aliphatic carbocycles. The summed E-state index contributed by atoms with van der Waals surface area (Å²) in [5.74, 6) is -0.218. The third kappa shape index (κ3) is 2.87. The molecule has 0 atom stereocenters. The van der Waals surface area contributed by atoms with Gasteiger partial charge in [0.2, 0.25) is 0 Å². The molecule has 1 saturated carbocycles. The van der Waals surface area contributed by atoms with Crippen molar-refractivity contribution >= 4 is 33.1 Å². The molecule has 1 N–H and O–H groups in total. The lowest BCUT2D eigenvalue weighted by Gasteiger charge is -2.07. The number of carbonyl (C=O) groups is 1. The average Bonchev–Trinajstić information content (AvgIpc) is 3.38. The van der Waals surface area contributed by atoms with Gasteiger partial charge in [-0.3, -0.25) is 14.2 Å². The topological polar surface area (TPSA) is 64.0 Å². The number of nitrogens with zero attached hydrogens (tertiary/aromatic N) is 2. The normalized spacial score (nSPS) is 14.0. The number of thiophene rings is 1. The average molecular weight is 353 g/mol. The van der Waals surface area contributed by atoms with Crippen LogP contribution in [0, 0.1) is 6.92 Å². The standard InChI is InChI=1S/C19H19N3O2S/c1-3-12-4-6-13(7-5-12)21-18(23)15-11(2)25-17-16(15)20-10-22(19(17)24)14-8-9-14/h4-7,10,14H,3,8-9H2,1-2H3,(H,21,23). The van der Waals surface area contributed by atoms with Gasteiger partial charge in [0.05, 0.1) is 11.9 Å². The number of amides is 1. The Morgan fingerprint density at radius 3 is 2.68 bits per heavy atom. The highest BCUT2D eigenvalue weighted by atomic mass is 32.1. The van der Waals surface area contributed by atoms with E-state index in [4.69, 9.17) is 0 Å². The molecule has 1 fully saturated rings. The molecule has 1 amide bonds. The lowest BCUT2D eigenvalue weighted by Crippen LogP contribution is -2.19. The quantitative estimate of drug-likeness (QED) is 0.773. The van der Waals surface area contributed by atoms with Crippen LogP contribution in [0.2, 0.25) is 0 Å². The van der Waals surface area contributed by atoms with E-state index < -0.39 is 0 Å². The summed E-state index contributed by atoms with van der Waals surface area (Å²) in [5, 5.41) is 2.92. The fourth-order valence-electron chi connectivity index (χ4n) is 2.99. The first-order valence-corrected chi connectivity index (χ1v) is 9.30. The third-order valence-corrected chi connectivity index (χ3v) is 5.67. The maximum atomic E-state index is 12.8. The molecule has 0 unspecified atom stereocenters. The molecule has 3 aromatic rings. The Morgan fingerprint density at radius 2 is 2.04 bits per heavy atom. The number of nitrogens with one attached hydrogen (secondary N) is 1. The fourth-order valence-corrected chi connectivity index (χ4v) is 4.03. The molecule has 2 aromatic heterocycles. The lowest BCUT2D eigenvalue weighted by atomic mass is 10.1. The first-order chi connectivity index (χ1) is 12.1. The molecule has 0 spiro atoms. The summed E-state index contributed by atoms with van der Waals surface area (Å²) in [4.78, 5) is 30.6. The van der Waals surface area contributed by atoms with Crippen molar-refractivity contribution in [2.45, 2.75) is 39.2 Å². The number of hydrogen-bond acceptors (Lipinski definition) is 4. The van der Waals surface area contributed by atoms with E-state index in [9.17, 15) is 9.59 Å². The van der Waals surface area contributed by atoms with Crippen LogP contribution in [-0.4, -0.2) is 15.5 Å². The van der Waals surface area contributed by atoms with E-state index in [1.807, 2.05) is 31.2 Å². The Morgan fingerprint density at radius 1 is 1.32 bits per heavy atom. The maximum absolute atomic E-state index is 12.8. The molecule has 6 heteroatoms. The third-order valence-electron chi connectivity index (χ3n) is 4.59. The number of rotatable bonds is 4. The number of aromatic nitrogens is 2. The maximum Gasteiger partial charge on any atom is 0.271 e. The zero-order chi connectivity index (χ0) is 17.6. The minimum Gasteiger partial charge on any atom is -0.322 e. The van der Waals surface area contributed by atoms with E-state index in [0.29, 0.717) is 15.8 Å². The molecule has 1 aliphatic rings. The molecule has 1 aromatic carbocycles. The second-order valence-corrected chi connectivity index (χ2v) is 7.63. The van der Waals surface area contributed by atoms with Crippen molar-refractivity contribution < 1.29 is 4.79 Å². The first kappa shape index (κ1) is 16.0. The molecule has 0 aliphatic heterocycles. The first-order valence-electron chi connectivity index (χ1n) is 8.49. The van der Waals surface area contributed by atoms with Gasteiger partial charge in [0, 0.05) is 16.6 Å². The van der Waals surface area contributed by atoms with E-state index in [2.05, 4.69) is 17.2 Å². The number of hydrogen-bond donors (Lipinski definition) is 1. The van der Waals surface area contributed by atoms with Crippen LogP contribution in [0.15, 0.2) is 35.4 Å². The molecule has 25 heavy (non-hydrogen) atoms. The molecular weight excluding hydrogens is 334 g/mol. The van der Waals surface area contributed by atoms with Crippen LogP contribution in [0.5, 0.6) is 0 Å². The SMILES string of the molecule is CCc1ccc(NC(=O)c2c(C)sc3c(=O)n(C4CC4)cnc23)cc1. The summed E-state index contributed by atoms with van der Waals surface area (Å²) >= 11 is 1.35. The Hall–Kier alpha value is -2.47. The number of aryl methyl sites for hydroxylation is 2.